The number of carbonyl (C=O) groups excluding carboxylic acids is 1. The second kappa shape index (κ2) is 5.09. The van der Waals surface area contributed by atoms with Crippen molar-refractivity contribution in [1.82, 2.24) is 4.98 Å². The third-order valence-electron chi connectivity index (χ3n) is 2.74. The van der Waals surface area contributed by atoms with E-state index in [2.05, 4.69) is 4.98 Å². The van der Waals surface area contributed by atoms with Crippen molar-refractivity contribution in [3.63, 3.8) is 0 Å². The second-order valence-corrected chi connectivity index (χ2v) is 5.07. The maximum Gasteiger partial charge on any atom is 0.443 e. The van der Waals surface area contributed by atoms with Crippen molar-refractivity contribution in [2.75, 3.05) is 13.7 Å². The molecule has 0 spiro atoms. The molecule has 2 atom stereocenters. The summed E-state index contributed by atoms with van der Waals surface area (Å²) in [5.41, 5.74) is 0.141. The number of alkyl halides is 3. The Morgan fingerprint density at radius 1 is 1.53 bits per heavy atom. The van der Waals surface area contributed by atoms with Gasteiger partial charge in [-0.1, -0.05) is 0 Å². The Kier molecular flexibility index (Phi) is 3.82. The number of methoxy groups -OCH3 is 1. The van der Waals surface area contributed by atoms with Crippen LogP contribution in [0.2, 0.25) is 0 Å². The summed E-state index contributed by atoms with van der Waals surface area (Å²) >= 11 is 0.329. The smallest absolute Gasteiger partial charge is 0.443 e. The molecule has 0 saturated heterocycles. The fourth-order valence-electron chi connectivity index (χ4n) is 1.77. The molecule has 1 aromatic rings. The molecule has 8 heteroatoms. The van der Waals surface area contributed by atoms with Crippen LogP contribution in [0.5, 0.6) is 0 Å². The van der Waals surface area contributed by atoms with Gasteiger partial charge < -0.3 is 9.47 Å². The van der Waals surface area contributed by atoms with Gasteiger partial charge in [0, 0.05) is 13.0 Å². The van der Waals surface area contributed by atoms with Crippen LogP contribution >= 0.6 is 11.3 Å². The van der Waals surface area contributed by atoms with Gasteiger partial charge in [0.2, 0.25) is 0 Å². The second-order valence-electron chi connectivity index (χ2n) is 4.07. The molecular weight excluding hydrogens is 283 g/mol. The normalized spacial score (nSPS) is 22.4. The zero-order chi connectivity index (χ0) is 14.2. The number of hydrogen-bond acceptors (Lipinski definition) is 5. The van der Waals surface area contributed by atoms with Crippen LogP contribution < -0.4 is 0 Å². The van der Waals surface area contributed by atoms with E-state index in [4.69, 9.17) is 9.47 Å². The lowest BCUT2D eigenvalue weighted by Gasteiger charge is -2.01. The first-order valence-corrected chi connectivity index (χ1v) is 6.48. The highest BCUT2D eigenvalue weighted by molar-refractivity contribution is 7.13. The Bertz CT molecular complexity index is 486. The van der Waals surface area contributed by atoms with Gasteiger partial charge in [-0.15, -0.1) is 11.3 Å². The van der Waals surface area contributed by atoms with Gasteiger partial charge in [0.25, 0.3) is 0 Å². The Balaban J connectivity index is 2.34. The van der Waals surface area contributed by atoms with Gasteiger partial charge in [0.15, 0.2) is 5.01 Å². The molecule has 1 heterocycles. The number of carbonyl (C=O) groups is 1. The third-order valence-corrected chi connectivity index (χ3v) is 3.84. The average Bonchev–Trinajstić information content (AvgIpc) is 2.96. The molecule has 1 fully saturated rings. The molecular formula is C11H12F3NO3S. The van der Waals surface area contributed by atoms with E-state index < -0.39 is 17.2 Å². The number of halogens is 3. The number of ether oxygens (including phenoxy) is 2. The Hall–Kier alpha value is -1.15. The fraction of sp³-hybridized carbons (Fsp3) is 0.636. The SMILES string of the molecule is CCOC(=O)c1sc(C(F)(F)F)nc1C1CC1OC. The molecule has 1 aromatic heterocycles. The number of nitrogens with zero attached hydrogens (tertiary/aromatic N) is 1. The molecule has 0 amide bonds. The van der Waals surface area contributed by atoms with Crippen molar-refractivity contribution >= 4 is 17.3 Å². The van der Waals surface area contributed by atoms with Gasteiger partial charge in [0.1, 0.15) is 4.88 Å². The topological polar surface area (TPSA) is 48.4 Å². The standard InChI is InChI=1S/C11H12F3NO3S/c1-3-18-9(16)8-7(5-4-6(5)17-2)15-10(19-8)11(12,13)14/h5-6H,3-4H2,1-2H3. The Morgan fingerprint density at radius 3 is 2.68 bits per heavy atom. The zero-order valence-corrected chi connectivity index (χ0v) is 11.1. The molecule has 1 aliphatic carbocycles. The molecule has 0 aromatic carbocycles. The molecule has 0 bridgehead atoms. The lowest BCUT2D eigenvalue weighted by atomic mass is 10.2. The van der Waals surface area contributed by atoms with Crippen molar-refractivity contribution < 1.29 is 27.4 Å². The van der Waals surface area contributed by atoms with Gasteiger partial charge in [-0.25, -0.2) is 9.78 Å². The lowest BCUT2D eigenvalue weighted by Crippen LogP contribution is -2.06. The van der Waals surface area contributed by atoms with Crippen LogP contribution in [0.3, 0.4) is 0 Å². The van der Waals surface area contributed by atoms with Crippen molar-refractivity contribution in [2.24, 2.45) is 0 Å². The van der Waals surface area contributed by atoms with E-state index in [1.54, 1.807) is 6.92 Å². The maximum absolute atomic E-state index is 12.7. The van der Waals surface area contributed by atoms with E-state index in [0.29, 0.717) is 17.8 Å². The lowest BCUT2D eigenvalue weighted by molar-refractivity contribution is -0.137. The summed E-state index contributed by atoms with van der Waals surface area (Å²) in [5, 5.41) is -1.02. The maximum atomic E-state index is 12.7. The molecule has 19 heavy (non-hydrogen) atoms. The number of esters is 1. The monoisotopic (exact) mass is 295 g/mol. The van der Waals surface area contributed by atoms with E-state index in [1.807, 2.05) is 0 Å². The molecule has 1 aliphatic rings. The van der Waals surface area contributed by atoms with Crippen LogP contribution in [0.1, 0.15) is 39.6 Å². The Morgan fingerprint density at radius 2 is 2.21 bits per heavy atom. The number of rotatable bonds is 4. The van der Waals surface area contributed by atoms with E-state index >= 15 is 0 Å². The molecule has 0 radical (unpaired) electrons. The first kappa shape index (κ1) is 14.3. The summed E-state index contributed by atoms with van der Waals surface area (Å²) in [4.78, 5) is 15.2. The fourth-order valence-corrected chi connectivity index (χ4v) is 2.66. The number of aromatic nitrogens is 1. The van der Waals surface area contributed by atoms with E-state index in [0.717, 1.165) is 0 Å². The van der Waals surface area contributed by atoms with E-state index in [9.17, 15) is 18.0 Å². The van der Waals surface area contributed by atoms with Crippen LogP contribution in [-0.4, -0.2) is 30.8 Å². The molecule has 4 nitrogen and oxygen atoms in total. The molecule has 2 unspecified atom stereocenters. The minimum atomic E-state index is -4.55. The van der Waals surface area contributed by atoms with Crippen molar-refractivity contribution in [3.05, 3.63) is 15.6 Å². The first-order valence-electron chi connectivity index (χ1n) is 5.66. The summed E-state index contributed by atoms with van der Waals surface area (Å²) in [6.45, 7) is 1.70. The van der Waals surface area contributed by atoms with Crippen LogP contribution in [0.15, 0.2) is 0 Å². The average molecular weight is 295 g/mol. The van der Waals surface area contributed by atoms with Crippen molar-refractivity contribution in [2.45, 2.75) is 31.5 Å². The highest BCUT2D eigenvalue weighted by Crippen LogP contribution is 2.47. The number of hydrogen-bond donors (Lipinski definition) is 0. The van der Waals surface area contributed by atoms with Gasteiger partial charge in [0.05, 0.1) is 18.4 Å². The Labute approximate surface area is 111 Å². The van der Waals surface area contributed by atoms with Crippen LogP contribution in [0, 0.1) is 0 Å². The van der Waals surface area contributed by atoms with Gasteiger partial charge in [-0.05, 0) is 13.3 Å². The molecule has 0 N–H and O–H groups in total. The summed E-state index contributed by atoms with van der Waals surface area (Å²) in [7, 11) is 1.48. The van der Waals surface area contributed by atoms with Crippen LogP contribution in [-0.2, 0) is 15.7 Å². The van der Waals surface area contributed by atoms with Gasteiger partial charge in [-0.3, -0.25) is 0 Å². The quantitative estimate of drug-likeness (QED) is 0.801. The number of thiazole rings is 1. The molecule has 0 aliphatic heterocycles. The summed E-state index contributed by atoms with van der Waals surface area (Å²) < 4.78 is 47.8. The first-order chi connectivity index (χ1) is 8.88. The van der Waals surface area contributed by atoms with Crippen LogP contribution in [0.4, 0.5) is 13.2 Å². The highest BCUT2D eigenvalue weighted by atomic mass is 32.1. The van der Waals surface area contributed by atoms with Crippen molar-refractivity contribution in [1.29, 1.82) is 0 Å². The molecule has 1 saturated carbocycles. The van der Waals surface area contributed by atoms with Gasteiger partial charge >= 0.3 is 12.1 Å². The highest BCUT2D eigenvalue weighted by Gasteiger charge is 2.46. The predicted octanol–water partition coefficient (Wildman–Crippen LogP) is 2.84. The summed E-state index contributed by atoms with van der Waals surface area (Å²) in [6.07, 6.45) is -4.15. The van der Waals surface area contributed by atoms with Gasteiger partial charge in [-0.2, -0.15) is 13.2 Å². The van der Waals surface area contributed by atoms with E-state index in [-0.39, 0.29) is 29.2 Å². The zero-order valence-electron chi connectivity index (χ0n) is 10.3. The summed E-state index contributed by atoms with van der Waals surface area (Å²) in [6, 6.07) is 0. The molecule has 106 valence electrons. The minimum Gasteiger partial charge on any atom is -0.462 e. The third kappa shape index (κ3) is 2.89. The predicted molar refractivity (Wildman–Crippen MR) is 61.2 cm³/mol. The summed E-state index contributed by atoms with van der Waals surface area (Å²) in [5.74, 6) is -1.01. The van der Waals surface area contributed by atoms with Crippen molar-refractivity contribution in [3.8, 4) is 0 Å². The molecule has 2 rings (SSSR count). The minimum absolute atomic E-state index is 0.0706. The van der Waals surface area contributed by atoms with Crippen LogP contribution in [0.25, 0.3) is 0 Å². The largest absolute Gasteiger partial charge is 0.462 e. The van der Waals surface area contributed by atoms with E-state index in [1.165, 1.54) is 7.11 Å².